The molecule has 0 saturated carbocycles. The van der Waals surface area contributed by atoms with Crippen molar-refractivity contribution in [3.63, 3.8) is 0 Å². The summed E-state index contributed by atoms with van der Waals surface area (Å²) in [7, 11) is 0. The molecule has 1 aromatic carbocycles. The van der Waals surface area contributed by atoms with E-state index >= 15 is 0 Å². The predicted molar refractivity (Wildman–Crippen MR) is 69.2 cm³/mol. The number of rotatable bonds is 4. The summed E-state index contributed by atoms with van der Waals surface area (Å²) in [6, 6.07) is 2.21. The number of hydrogen-bond donors (Lipinski definition) is 2. The van der Waals surface area contributed by atoms with Crippen molar-refractivity contribution in [2.75, 3.05) is 0 Å². The lowest BCUT2D eigenvalue weighted by Gasteiger charge is -2.12. The van der Waals surface area contributed by atoms with Crippen molar-refractivity contribution in [2.45, 2.75) is 12.5 Å². The molecule has 2 atom stereocenters. The third-order valence-corrected chi connectivity index (χ3v) is 3.13. The maximum Gasteiger partial charge on any atom is 0.310 e. The van der Waals surface area contributed by atoms with Gasteiger partial charge in [-0.25, -0.2) is 4.39 Å². The van der Waals surface area contributed by atoms with E-state index in [1.54, 1.807) is 0 Å². The molecule has 2 N–H and O–H groups in total. The third-order valence-electron chi connectivity index (χ3n) is 3.13. The molecule has 21 heavy (non-hydrogen) atoms. The number of non-ortho nitro benzene ring substituents is 1. The molecule has 8 heteroatoms. The molecular weight excluding hydrogens is 283 g/mol. The fourth-order valence-electron chi connectivity index (χ4n) is 2.04. The zero-order chi connectivity index (χ0) is 15.6. The lowest BCUT2D eigenvalue weighted by Crippen LogP contribution is -2.33. The Balaban J connectivity index is 2.06. The van der Waals surface area contributed by atoms with Gasteiger partial charge >= 0.3 is 5.97 Å². The van der Waals surface area contributed by atoms with Crippen LogP contribution < -0.4 is 5.32 Å². The summed E-state index contributed by atoms with van der Waals surface area (Å²) in [6.07, 6.45) is 3.18. The van der Waals surface area contributed by atoms with Gasteiger partial charge in [0.25, 0.3) is 11.6 Å². The molecule has 110 valence electrons. The Kier molecular flexibility index (Phi) is 3.97. The summed E-state index contributed by atoms with van der Waals surface area (Å²) in [5.74, 6) is -3.43. The molecule has 1 amide bonds. The van der Waals surface area contributed by atoms with E-state index in [9.17, 15) is 24.1 Å². The first-order valence-electron chi connectivity index (χ1n) is 6.04. The number of carbonyl (C=O) groups excluding carboxylic acids is 1. The fourth-order valence-corrected chi connectivity index (χ4v) is 2.04. The average Bonchev–Trinajstić information content (AvgIpc) is 2.87. The average molecular weight is 294 g/mol. The van der Waals surface area contributed by atoms with Crippen LogP contribution in [0, 0.1) is 21.8 Å². The van der Waals surface area contributed by atoms with Crippen molar-refractivity contribution in [3.05, 3.63) is 51.8 Å². The summed E-state index contributed by atoms with van der Waals surface area (Å²) < 4.78 is 13.7. The zero-order valence-electron chi connectivity index (χ0n) is 10.7. The summed E-state index contributed by atoms with van der Waals surface area (Å²) in [4.78, 5) is 32.4. The molecule has 0 bridgehead atoms. The molecule has 1 aromatic rings. The predicted octanol–water partition coefficient (Wildman–Crippen LogP) is 1.49. The Bertz CT molecular complexity index is 643. The third kappa shape index (κ3) is 3.22. The minimum atomic E-state index is -1.00. The number of amides is 1. The molecular formula is C13H11FN2O5. The van der Waals surface area contributed by atoms with Crippen LogP contribution in [0.15, 0.2) is 30.4 Å². The summed E-state index contributed by atoms with van der Waals surface area (Å²) in [5, 5.41) is 21.8. The van der Waals surface area contributed by atoms with Crippen LogP contribution in [0.3, 0.4) is 0 Å². The van der Waals surface area contributed by atoms with Crippen molar-refractivity contribution in [3.8, 4) is 0 Å². The number of nitrogens with zero attached hydrogens (tertiary/aromatic N) is 1. The van der Waals surface area contributed by atoms with Gasteiger partial charge in [-0.2, -0.15) is 0 Å². The molecule has 7 nitrogen and oxygen atoms in total. The molecule has 0 heterocycles. The Morgan fingerprint density at radius 2 is 2.10 bits per heavy atom. The number of nitro benzene ring substituents is 1. The summed E-state index contributed by atoms with van der Waals surface area (Å²) in [5.41, 5.74) is -0.775. The molecule has 0 saturated heterocycles. The quantitative estimate of drug-likeness (QED) is 0.496. The Morgan fingerprint density at radius 1 is 1.38 bits per heavy atom. The van der Waals surface area contributed by atoms with Gasteiger partial charge in [0, 0.05) is 12.1 Å². The number of aliphatic carboxylic acids is 1. The van der Waals surface area contributed by atoms with Crippen LogP contribution in [0.1, 0.15) is 16.8 Å². The Labute approximate surface area is 118 Å². The molecule has 0 radical (unpaired) electrons. The van der Waals surface area contributed by atoms with Gasteiger partial charge in [-0.1, -0.05) is 12.2 Å². The van der Waals surface area contributed by atoms with Crippen LogP contribution >= 0.6 is 0 Å². The van der Waals surface area contributed by atoms with Crippen molar-refractivity contribution in [1.82, 2.24) is 5.32 Å². The smallest absolute Gasteiger partial charge is 0.310 e. The minimum absolute atomic E-state index is 0.190. The van der Waals surface area contributed by atoms with Crippen LogP contribution in [-0.2, 0) is 4.79 Å². The Morgan fingerprint density at radius 3 is 2.62 bits per heavy atom. The SMILES string of the molecule is O=C(NC1C=CC(C(=O)O)C1)c1ccc([N+](=O)[O-])cc1F. The topological polar surface area (TPSA) is 110 Å². The minimum Gasteiger partial charge on any atom is -0.481 e. The van der Waals surface area contributed by atoms with Gasteiger partial charge < -0.3 is 10.4 Å². The van der Waals surface area contributed by atoms with Gasteiger partial charge in [-0.05, 0) is 12.5 Å². The van der Waals surface area contributed by atoms with E-state index in [0.717, 1.165) is 12.1 Å². The normalized spacial score (nSPS) is 20.2. The van der Waals surface area contributed by atoms with Crippen LogP contribution in [-0.4, -0.2) is 27.9 Å². The first kappa shape index (κ1) is 14.6. The second kappa shape index (κ2) is 5.70. The van der Waals surface area contributed by atoms with Gasteiger partial charge in [0.2, 0.25) is 0 Å². The van der Waals surface area contributed by atoms with Crippen LogP contribution in [0.2, 0.25) is 0 Å². The van der Waals surface area contributed by atoms with E-state index < -0.39 is 40.3 Å². The van der Waals surface area contributed by atoms with Crippen molar-refractivity contribution >= 4 is 17.6 Å². The number of carboxylic acid groups (broad SMARTS) is 1. The molecule has 0 spiro atoms. The first-order chi connectivity index (χ1) is 9.88. The lowest BCUT2D eigenvalue weighted by molar-refractivity contribution is -0.385. The van der Waals surface area contributed by atoms with Crippen LogP contribution in [0.5, 0.6) is 0 Å². The van der Waals surface area contributed by atoms with E-state index in [4.69, 9.17) is 5.11 Å². The van der Waals surface area contributed by atoms with Gasteiger partial charge in [-0.15, -0.1) is 0 Å². The van der Waals surface area contributed by atoms with Gasteiger partial charge in [0.1, 0.15) is 5.82 Å². The van der Waals surface area contributed by atoms with E-state index in [1.165, 1.54) is 12.2 Å². The van der Waals surface area contributed by atoms with E-state index in [-0.39, 0.29) is 12.0 Å². The second-order valence-electron chi connectivity index (χ2n) is 4.57. The monoisotopic (exact) mass is 294 g/mol. The van der Waals surface area contributed by atoms with E-state index in [2.05, 4.69) is 5.32 Å². The number of benzene rings is 1. The van der Waals surface area contributed by atoms with Gasteiger partial charge in [0.15, 0.2) is 0 Å². The number of hydrogen-bond acceptors (Lipinski definition) is 4. The maximum atomic E-state index is 13.7. The number of nitro groups is 1. The highest BCUT2D eigenvalue weighted by Crippen LogP contribution is 2.20. The number of carboxylic acids is 1. The maximum absolute atomic E-state index is 13.7. The van der Waals surface area contributed by atoms with Crippen LogP contribution in [0.4, 0.5) is 10.1 Å². The summed E-state index contributed by atoms with van der Waals surface area (Å²) >= 11 is 0. The van der Waals surface area contributed by atoms with Crippen molar-refractivity contribution < 1.29 is 24.0 Å². The number of carbonyl (C=O) groups is 2. The Hall–Kier alpha value is -2.77. The molecule has 2 rings (SSSR count). The summed E-state index contributed by atoms with van der Waals surface area (Å²) in [6.45, 7) is 0. The van der Waals surface area contributed by atoms with E-state index in [1.807, 2.05) is 0 Å². The lowest BCUT2D eigenvalue weighted by atomic mass is 10.1. The molecule has 1 aliphatic carbocycles. The molecule has 2 unspecified atom stereocenters. The van der Waals surface area contributed by atoms with Gasteiger partial charge in [0.05, 0.1) is 22.5 Å². The molecule has 0 aromatic heterocycles. The zero-order valence-corrected chi connectivity index (χ0v) is 10.7. The highest BCUT2D eigenvalue weighted by Gasteiger charge is 2.26. The van der Waals surface area contributed by atoms with Gasteiger partial charge in [-0.3, -0.25) is 19.7 Å². The van der Waals surface area contributed by atoms with Crippen LogP contribution in [0.25, 0.3) is 0 Å². The molecule has 0 aliphatic heterocycles. The molecule has 0 fully saturated rings. The van der Waals surface area contributed by atoms with Crippen molar-refractivity contribution in [1.29, 1.82) is 0 Å². The highest BCUT2D eigenvalue weighted by atomic mass is 19.1. The highest BCUT2D eigenvalue weighted by molar-refractivity contribution is 5.95. The number of nitrogens with one attached hydrogen (secondary N) is 1. The standard InChI is InChI=1S/C13H11FN2O5/c14-11-6-9(16(20)21)3-4-10(11)12(17)15-8-2-1-7(5-8)13(18)19/h1-4,6-8H,5H2,(H,15,17)(H,18,19). The second-order valence-corrected chi connectivity index (χ2v) is 4.57. The number of halogens is 1. The van der Waals surface area contributed by atoms with Crippen molar-refractivity contribution in [2.24, 2.45) is 5.92 Å². The largest absolute Gasteiger partial charge is 0.481 e. The fraction of sp³-hybridized carbons (Fsp3) is 0.231. The van der Waals surface area contributed by atoms with E-state index in [0.29, 0.717) is 6.07 Å². The first-order valence-corrected chi connectivity index (χ1v) is 6.04. The molecule has 1 aliphatic rings.